The fourth-order valence-corrected chi connectivity index (χ4v) is 2.44. The monoisotopic (exact) mass is 252 g/mol. The lowest BCUT2D eigenvalue weighted by Gasteiger charge is -2.21. The molecular formula is C14H24N2O2. The molecule has 2 amide bonds. The van der Waals surface area contributed by atoms with Crippen molar-refractivity contribution in [3.63, 3.8) is 0 Å². The van der Waals surface area contributed by atoms with E-state index in [9.17, 15) is 4.79 Å². The van der Waals surface area contributed by atoms with Crippen LogP contribution in [0.5, 0.6) is 0 Å². The first-order valence-corrected chi connectivity index (χ1v) is 6.92. The van der Waals surface area contributed by atoms with E-state index in [4.69, 9.17) is 4.74 Å². The summed E-state index contributed by atoms with van der Waals surface area (Å²) in [5.74, 6) is 0. The predicted molar refractivity (Wildman–Crippen MR) is 71.5 cm³/mol. The number of nitrogens with one attached hydrogen (secondary N) is 2. The Bertz CT molecular complexity index is 311. The van der Waals surface area contributed by atoms with Crippen molar-refractivity contribution in [1.82, 2.24) is 10.6 Å². The van der Waals surface area contributed by atoms with Crippen LogP contribution < -0.4 is 10.6 Å². The van der Waals surface area contributed by atoms with Gasteiger partial charge in [0.15, 0.2) is 0 Å². The highest BCUT2D eigenvalue weighted by molar-refractivity contribution is 5.74. The van der Waals surface area contributed by atoms with Gasteiger partial charge in [0.25, 0.3) is 0 Å². The number of urea groups is 1. The Kier molecular flexibility index (Phi) is 4.64. The fraction of sp³-hybridized carbons (Fsp3) is 0.786. The van der Waals surface area contributed by atoms with Crippen molar-refractivity contribution in [3.05, 3.63) is 12.2 Å². The van der Waals surface area contributed by atoms with Crippen LogP contribution in [-0.4, -0.2) is 32.3 Å². The van der Waals surface area contributed by atoms with Crippen LogP contribution >= 0.6 is 0 Å². The van der Waals surface area contributed by atoms with Crippen molar-refractivity contribution in [3.8, 4) is 0 Å². The van der Waals surface area contributed by atoms with Gasteiger partial charge in [0.05, 0.1) is 0 Å². The lowest BCUT2D eigenvalue weighted by Crippen LogP contribution is -2.44. The van der Waals surface area contributed by atoms with Crippen LogP contribution in [0.3, 0.4) is 0 Å². The number of rotatable bonds is 6. The van der Waals surface area contributed by atoms with Gasteiger partial charge in [-0.15, -0.1) is 0 Å². The second-order valence-corrected chi connectivity index (χ2v) is 5.55. The predicted octanol–water partition coefficient (Wildman–Crippen LogP) is 2.21. The molecule has 0 aromatic rings. The van der Waals surface area contributed by atoms with Gasteiger partial charge >= 0.3 is 6.03 Å². The summed E-state index contributed by atoms with van der Waals surface area (Å²) in [6, 6.07) is 0.295. The highest BCUT2D eigenvalue weighted by Crippen LogP contribution is 2.48. The van der Waals surface area contributed by atoms with E-state index in [-0.39, 0.29) is 6.03 Å². The minimum atomic E-state index is -0.0148. The molecule has 2 N–H and O–H groups in total. The molecule has 2 aliphatic carbocycles. The molecule has 18 heavy (non-hydrogen) atoms. The van der Waals surface area contributed by atoms with E-state index in [1.807, 2.05) is 0 Å². The first kappa shape index (κ1) is 13.4. The Morgan fingerprint density at radius 3 is 2.89 bits per heavy atom. The Balaban J connectivity index is 1.64. The van der Waals surface area contributed by atoms with Gasteiger partial charge in [-0.05, 0) is 43.9 Å². The van der Waals surface area contributed by atoms with Gasteiger partial charge in [-0.3, -0.25) is 0 Å². The minimum absolute atomic E-state index is 0.0148. The topological polar surface area (TPSA) is 50.4 Å². The van der Waals surface area contributed by atoms with Crippen molar-refractivity contribution in [2.75, 3.05) is 20.3 Å². The molecule has 2 rings (SSSR count). The summed E-state index contributed by atoms with van der Waals surface area (Å²) in [5.41, 5.74) is 0.319. The van der Waals surface area contributed by atoms with Gasteiger partial charge in [0, 0.05) is 26.3 Å². The zero-order valence-electron chi connectivity index (χ0n) is 11.2. The molecule has 4 nitrogen and oxygen atoms in total. The highest BCUT2D eigenvalue weighted by atomic mass is 16.5. The first-order chi connectivity index (χ1) is 8.74. The Morgan fingerprint density at radius 2 is 2.28 bits per heavy atom. The van der Waals surface area contributed by atoms with E-state index < -0.39 is 0 Å². The van der Waals surface area contributed by atoms with E-state index in [0.29, 0.717) is 11.5 Å². The second-order valence-electron chi connectivity index (χ2n) is 5.55. The third-order valence-corrected chi connectivity index (χ3v) is 4.02. The molecule has 1 fully saturated rings. The van der Waals surface area contributed by atoms with Crippen molar-refractivity contribution < 1.29 is 9.53 Å². The van der Waals surface area contributed by atoms with Crippen LogP contribution in [0.4, 0.5) is 4.79 Å². The standard InChI is InChI=1S/C14H24N2O2/c1-18-10-9-14(7-8-14)11-15-13(17)16-12-5-3-2-4-6-12/h2-3,12H,4-11H2,1H3,(H2,15,16,17)/t12-/m0/s1. The third kappa shape index (κ3) is 4.02. The average molecular weight is 252 g/mol. The number of carbonyl (C=O) groups excluding carboxylic acids is 1. The molecule has 2 aliphatic rings. The molecule has 0 saturated heterocycles. The molecule has 0 radical (unpaired) electrons. The zero-order valence-corrected chi connectivity index (χ0v) is 11.2. The summed E-state index contributed by atoms with van der Waals surface area (Å²) in [5, 5.41) is 6.05. The minimum Gasteiger partial charge on any atom is -0.385 e. The summed E-state index contributed by atoms with van der Waals surface area (Å²) < 4.78 is 5.11. The third-order valence-electron chi connectivity index (χ3n) is 4.02. The Morgan fingerprint density at radius 1 is 1.44 bits per heavy atom. The van der Waals surface area contributed by atoms with E-state index >= 15 is 0 Å². The van der Waals surface area contributed by atoms with Crippen molar-refractivity contribution in [1.29, 1.82) is 0 Å². The SMILES string of the molecule is COCCC1(CNC(=O)N[C@H]2CC=CCC2)CC1. The van der Waals surface area contributed by atoms with Crippen molar-refractivity contribution in [2.45, 2.75) is 44.6 Å². The quantitative estimate of drug-likeness (QED) is 0.712. The number of hydrogen-bond acceptors (Lipinski definition) is 2. The molecule has 0 unspecified atom stereocenters. The lowest BCUT2D eigenvalue weighted by atomic mass is 10.0. The van der Waals surface area contributed by atoms with Crippen LogP contribution in [-0.2, 0) is 4.74 Å². The number of allylic oxidation sites excluding steroid dienone is 1. The van der Waals surface area contributed by atoms with Gasteiger partial charge in [0.1, 0.15) is 0 Å². The maximum Gasteiger partial charge on any atom is 0.315 e. The molecule has 0 aromatic carbocycles. The number of methoxy groups -OCH3 is 1. The van der Waals surface area contributed by atoms with Gasteiger partial charge < -0.3 is 15.4 Å². The highest BCUT2D eigenvalue weighted by Gasteiger charge is 2.42. The second kappa shape index (κ2) is 6.23. The molecule has 1 saturated carbocycles. The smallest absolute Gasteiger partial charge is 0.315 e. The van der Waals surface area contributed by atoms with E-state index in [0.717, 1.165) is 38.8 Å². The van der Waals surface area contributed by atoms with Crippen LogP contribution in [0.1, 0.15) is 38.5 Å². The molecule has 102 valence electrons. The van der Waals surface area contributed by atoms with Gasteiger partial charge in [-0.1, -0.05) is 12.2 Å². The largest absolute Gasteiger partial charge is 0.385 e. The van der Waals surface area contributed by atoms with Crippen molar-refractivity contribution >= 4 is 6.03 Å². The van der Waals surface area contributed by atoms with Crippen molar-refractivity contribution in [2.24, 2.45) is 5.41 Å². The summed E-state index contributed by atoms with van der Waals surface area (Å²) in [4.78, 5) is 11.8. The zero-order chi connectivity index (χ0) is 12.8. The summed E-state index contributed by atoms with van der Waals surface area (Å²) in [6.45, 7) is 1.57. The maximum atomic E-state index is 11.8. The summed E-state index contributed by atoms with van der Waals surface area (Å²) in [7, 11) is 1.73. The maximum absolute atomic E-state index is 11.8. The van der Waals surface area contributed by atoms with Crippen LogP contribution in [0.15, 0.2) is 12.2 Å². The molecule has 0 aliphatic heterocycles. The number of ether oxygens (including phenoxy) is 1. The number of hydrogen-bond donors (Lipinski definition) is 2. The first-order valence-electron chi connectivity index (χ1n) is 6.92. The van der Waals surface area contributed by atoms with Crippen LogP contribution in [0.2, 0.25) is 0 Å². The molecule has 0 bridgehead atoms. The van der Waals surface area contributed by atoms with Gasteiger partial charge in [0.2, 0.25) is 0 Å². The molecule has 0 aromatic heterocycles. The van der Waals surface area contributed by atoms with Crippen LogP contribution in [0.25, 0.3) is 0 Å². The Labute approximate surface area is 109 Å². The Hall–Kier alpha value is -1.03. The molecular weight excluding hydrogens is 228 g/mol. The average Bonchev–Trinajstić information content (AvgIpc) is 3.16. The summed E-state index contributed by atoms with van der Waals surface area (Å²) in [6.07, 6.45) is 10.9. The van der Waals surface area contributed by atoms with Gasteiger partial charge in [-0.2, -0.15) is 0 Å². The van der Waals surface area contributed by atoms with Crippen LogP contribution in [0, 0.1) is 5.41 Å². The molecule has 4 heteroatoms. The fourth-order valence-electron chi connectivity index (χ4n) is 2.44. The number of amides is 2. The van der Waals surface area contributed by atoms with E-state index in [1.165, 1.54) is 12.8 Å². The molecule has 0 spiro atoms. The van der Waals surface area contributed by atoms with Gasteiger partial charge in [-0.25, -0.2) is 4.79 Å². The van der Waals surface area contributed by atoms with E-state index in [1.54, 1.807) is 7.11 Å². The normalized spacial score (nSPS) is 24.6. The molecule has 0 heterocycles. The molecule has 1 atom stereocenters. The lowest BCUT2D eigenvalue weighted by molar-refractivity contribution is 0.171. The van der Waals surface area contributed by atoms with E-state index in [2.05, 4.69) is 22.8 Å². The number of carbonyl (C=O) groups is 1. The summed E-state index contributed by atoms with van der Waals surface area (Å²) >= 11 is 0.